The maximum atomic E-state index is 12.7. The molecule has 7 nitrogen and oxygen atoms in total. The molecule has 130 valence electrons. The number of ketones is 1. The van der Waals surface area contributed by atoms with Gasteiger partial charge >= 0.3 is 0 Å². The third-order valence-electron chi connectivity index (χ3n) is 3.89. The van der Waals surface area contributed by atoms with E-state index in [1.54, 1.807) is 43.6 Å². The van der Waals surface area contributed by atoms with Crippen LogP contribution in [0.3, 0.4) is 0 Å². The highest BCUT2D eigenvalue weighted by Gasteiger charge is 2.20. The van der Waals surface area contributed by atoms with E-state index < -0.39 is 17.2 Å². The Morgan fingerprint density at radius 1 is 1.04 bits per heavy atom. The van der Waals surface area contributed by atoms with Gasteiger partial charge in [-0.05, 0) is 44.2 Å². The Labute approximate surface area is 149 Å². The van der Waals surface area contributed by atoms with Crippen molar-refractivity contribution in [1.82, 2.24) is 14.5 Å². The van der Waals surface area contributed by atoms with Gasteiger partial charge in [0, 0.05) is 18.1 Å². The summed E-state index contributed by atoms with van der Waals surface area (Å²) in [5, 5.41) is 2.72. The molecule has 0 atom stereocenters. The van der Waals surface area contributed by atoms with Gasteiger partial charge in [-0.1, -0.05) is 0 Å². The van der Waals surface area contributed by atoms with Gasteiger partial charge in [0.2, 0.25) is 0 Å². The minimum Gasteiger partial charge on any atom is -0.321 e. The molecular formula is C19H16N4O3. The third-order valence-corrected chi connectivity index (χ3v) is 3.89. The fraction of sp³-hybridized carbons (Fsp3) is 0.105. The average molecular weight is 348 g/mol. The molecule has 3 aromatic rings. The highest BCUT2D eigenvalue weighted by Crippen LogP contribution is 2.16. The maximum Gasteiger partial charge on any atom is 0.266 e. The van der Waals surface area contributed by atoms with E-state index in [0.29, 0.717) is 17.1 Å². The molecule has 0 aliphatic carbocycles. The van der Waals surface area contributed by atoms with Crippen molar-refractivity contribution in [2.45, 2.75) is 13.8 Å². The number of nitrogens with one attached hydrogen (secondary N) is 1. The molecular weight excluding hydrogens is 332 g/mol. The van der Waals surface area contributed by atoms with Crippen molar-refractivity contribution in [2.24, 2.45) is 0 Å². The molecule has 1 N–H and O–H groups in total. The standard InChI is InChI=1S/C19H16N4O3/c1-12-16(18(25)22-14-5-3-7-20-10-14)9-17(13(2)24)19(26)23(12)15-6-4-8-21-11-15/h3-11H,1-2H3,(H,22,25). The van der Waals surface area contributed by atoms with E-state index in [4.69, 9.17) is 0 Å². The van der Waals surface area contributed by atoms with E-state index in [-0.39, 0.29) is 11.1 Å². The number of hydrogen-bond acceptors (Lipinski definition) is 5. The molecule has 3 heterocycles. The predicted octanol–water partition coefficient (Wildman–Crippen LogP) is 2.39. The lowest BCUT2D eigenvalue weighted by Gasteiger charge is -2.15. The molecule has 0 unspecified atom stereocenters. The summed E-state index contributed by atoms with van der Waals surface area (Å²) < 4.78 is 1.32. The summed E-state index contributed by atoms with van der Waals surface area (Å²) in [6, 6.07) is 8.09. The number of pyridine rings is 3. The number of rotatable bonds is 4. The minimum absolute atomic E-state index is 0.0595. The van der Waals surface area contributed by atoms with Gasteiger partial charge in [0.15, 0.2) is 5.78 Å². The number of Topliss-reactive ketones (excluding diaryl/α,β-unsaturated/α-hetero) is 1. The zero-order valence-electron chi connectivity index (χ0n) is 14.3. The predicted molar refractivity (Wildman–Crippen MR) is 96.8 cm³/mol. The van der Waals surface area contributed by atoms with Crippen molar-refractivity contribution >= 4 is 17.4 Å². The van der Waals surface area contributed by atoms with Gasteiger partial charge in [0.1, 0.15) is 0 Å². The molecule has 0 saturated heterocycles. The highest BCUT2D eigenvalue weighted by atomic mass is 16.2. The van der Waals surface area contributed by atoms with Crippen LogP contribution >= 0.6 is 0 Å². The fourth-order valence-electron chi connectivity index (χ4n) is 2.62. The molecule has 0 radical (unpaired) electrons. The lowest BCUT2D eigenvalue weighted by Crippen LogP contribution is -2.29. The quantitative estimate of drug-likeness (QED) is 0.731. The molecule has 0 saturated carbocycles. The zero-order chi connectivity index (χ0) is 18.7. The van der Waals surface area contributed by atoms with Crippen LogP contribution < -0.4 is 10.9 Å². The van der Waals surface area contributed by atoms with Crippen molar-refractivity contribution in [3.8, 4) is 5.69 Å². The smallest absolute Gasteiger partial charge is 0.266 e. The summed E-state index contributed by atoms with van der Waals surface area (Å²) in [6.45, 7) is 2.94. The normalized spacial score (nSPS) is 10.4. The molecule has 3 rings (SSSR count). The van der Waals surface area contributed by atoms with E-state index in [2.05, 4.69) is 15.3 Å². The summed E-state index contributed by atoms with van der Waals surface area (Å²) in [7, 11) is 0. The van der Waals surface area contributed by atoms with E-state index in [1.165, 1.54) is 30.0 Å². The Morgan fingerprint density at radius 3 is 2.31 bits per heavy atom. The maximum absolute atomic E-state index is 12.7. The molecule has 1 amide bonds. The summed E-state index contributed by atoms with van der Waals surface area (Å²) in [5.41, 5.74) is 1.09. The van der Waals surface area contributed by atoms with Crippen molar-refractivity contribution in [2.75, 3.05) is 5.32 Å². The SMILES string of the molecule is CC(=O)c1cc(C(=O)Nc2cccnc2)c(C)n(-c2cccnc2)c1=O. The van der Waals surface area contributed by atoms with Crippen molar-refractivity contribution < 1.29 is 9.59 Å². The first-order valence-corrected chi connectivity index (χ1v) is 7.88. The van der Waals surface area contributed by atoms with Crippen molar-refractivity contribution in [1.29, 1.82) is 0 Å². The second-order valence-corrected chi connectivity index (χ2v) is 5.66. The van der Waals surface area contributed by atoms with Crippen LogP contribution in [0.1, 0.15) is 33.3 Å². The van der Waals surface area contributed by atoms with Crippen molar-refractivity contribution in [3.63, 3.8) is 0 Å². The van der Waals surface area contributed by atoms with Crippen LogP contribution in [0, 0.1) is 6.92 Å². The second-order valence-electron chi connectivity index (χ2n) is 5.66. The molecule has 0 fully saturated rings. The van der Waals surface area contributed by atoms with E-state index >= 15 is 0 Å². The number of amides is 1. The van der Waals surface area contributed by atoms with E-state index in [9.17, 15) is 14.4 Å². The Kier molecular flexibility index (Phi) is 4.70. The first-order valence-electron chi connectivity index (χ1n) is 7.88. The van der Waals surface area contributed by atoms with Crippen LogP contribution in [0.4, 0.5) is 5.69 Å². The van der Waals surface area contributed by atoms with Crippen LogP contribution in [0.15, 0.2) is 59.9 Å². The Bertz CT molecular complexity index is 1030. The largest absolute Gasteiger partial charge is 0.321 e. The van der Waals surface area contributed by atoms with Crippen molar-refractivity contribution in [3.05, 3.63) is 82.3 Å². The molecule has 7 heteroatoms. The lowest BCUT2D eigenvalue weighted by molar-refractivity contribution is 0.101. The summed E-state index contributed by atoms with van der Waals surface area (Å²) in [4.78, 5) is 45.3. The van der Waals surface area contributed by atoms with Gasteiger partial charge in [0.05, 0.1) is 34.9 Å². The number of nitrogens with zero attached hydrogens (tertiary/aromatic N) is 3. The molecule has 0 bridgehead atoms. The van der Waals surface area contributed by atoms with Gasteiger partial charge in [0.25, 0.3) is 11.5 Å². The molecule has 26 heavy (non-hydrogen) atoms. The Hall–Kier alpha value is -3.61. The molecule has 0 aliphatic rings. The van der Waals surface area contributed by atoms with Gasteiger partial charge in [-0.3, -0.25) is 28.9 Å². The minimum atomic E-state index is -0.485. The van der Waals surface area contributed by atoms with Gasteiger partial charge in [-0.25, -0.2) is 0 Å². The van der Waals surface area contributed by atoms with Gasteiger partial charge < -0.3 is 5.32 Å². The third kappa shape index (κ3) is 3.27. The zero-order valence-corrected chi connectivity index (χ0v) is 14.3. The Morgan fingerprint density at radius 2 is 1.73 bits per heavy atom. The fourth-order valence-corrected chi connectivity index (χ4v) is 2.62. The van der Waals surface area contributed by atoms with Crippen LogP contribution in [-0.2, 0) is 0 Å². The van der Waals surface area contributed by atoms with E-state index in [1.807, 2.05) is 0 Å². The summed E-state index contributed by atoms with van der Waals surface area (Å²) in [6.07, 6.45) is 6.18. The Balaban J connectivity index is 2.17. The topological polar surface area (TPSA) is 93.9 Å². The van der Waals surface area contributed by atoms with Gasteiger partial charge in [-0.2, -0.15) is 0 Å². The van der Waals surface area contributed by atoms with Crippen LogP contribution in [-0.4, -0.2) is 26.2 Å². The average Bonchev–Trinajstić information content (AvgIpc) is 2.63. The summed E-state index contributed by atoms with van der Waals surface area (Å²) in [5.74, 6) is -0.848. The first kappa shape index (κ1) is 17.2. The number of aromatic nitrogens is 3. The van der Waals surface area contributed by atoms with Crippen LogP contribution in [0.5, 0.6) is 0 Å². The molecule has 3 aromatic heterocycles. The summed E-state index contributed by atoms with van der Waals surface area (Å²) >= 11 is 0. The second kappa shape index (κ2) is 7.10. The first-order chi connectivity index (χ1) is 12.5. The van der Waals surface area contributed by atoms with Crippen LogP contribution in [0.25, 0.3) is 5.69 Å². The lowest BCUT2D eigenvalue weighted by atomic mass is 10.1. The van der Waals surface area contributed by atoms with Crippen LogP contribution in [0.2, 0.25) is 0 Å². The number of hydrogen-bond donors (Lipinski definition) is 1. The monoisotopic (exact) mass is 348 g/mol. The number of carbonyl (C=O) groups is 2. The molecule has 0 spiro atoms. The highest BCUT2D eigenvalue weighted by molar-refractivity contribution is 6.06. The number of anilines is 1. The number of carbonyl (C=O) groups excluding carboxylic acids is 2. The molecule has 0 aromatic carbocycles. The van der Waals surface area contributed by atoms with Gasteiger partial charge in [-0.15, -0.1) is 0 Å². The van der Waals surface area contributed by atoms with E-state index in [0.717, 1.165) is 0 Å². The molecule has 0 aliphatic heterocycles.